The second kappa shape index (κ2) is 7.76. The van der Waals surface area contributed by atoms with Crippen molar-refractivity contribution in [3.63, 3.8) is 0 Å². The Labute approximate surface area is 148 Å². The number of hydrogen-bond acceptors (Lipinski definition) is 6. The Morgan fingerprint density at radius 1 is 1.28 bits per heavy atom. The number of nitrogens with one attached hydrogen (secondary N) is 1. The third-order valence-electron chi connectivity index (χ3n) is 3.30. The molecule has 0 unspecified atom stereocenters. The number of ether oxygens (including phenoxy) is 1. The summed E-state index contributed by atoms with van der Waals surface area (Å²) in [5.41, 5.74) is 5.24. The summed E-state index contributed by atoms with van der Waals surface area (Å²) in [4.78, 5) is 4.41. The zero-order valence-electron chi connectivity index (χ0n) is 13.4. The highest BCUT2D eigenvalue weighted by Gasteiger charge is 2.05. The molecule has 5 nitrogen and oxygen atoms in total. The SMILES string of the molecule is CCOc1cc(C=NNc2nc(-c3ccc(F)cc3)cs2)ccc1O. The smallest absolute Gasteiger partial charge is 0.203 e. The zero-order valence-corrected chi connectivity index (χ0v) is 14.3. The first-order valence-corrected chi connectivity index (χ1v) is 8.50. The molecule has 0 aliphatic heterocycles. The van der Waals surface area contributed by atoms with Crippen LogP contribution < -0.4 is 10.2 Å². The van der Waals surface area contributed by atoms with Gasteiger partial charge in [0.15, 0.2) is 11.5 Å². The molecule has 0 aliphatic carbocycles. The normalized spacial score (nSPS) is 11.0. The Balaban J connectivity index is 1.67. The summed E-state index contributed by atoms with van der Waals surface area (Å²) >= 11 is 1.40. The molecule has 2 aromatic carbocycles. The average molecular weight is 357 g/mol. The highest BCUT2D eigenvalue weighted by Crippen LogP contribution is 2.27. The Morgan fingerprint density at radius 2 is 2.08 bits per heavy atom. The maximum Gasteiger partial charge on any atom is 0.203 e. The van der Waals surface area contributed by atoms with Crippen LogP contribution in [0.3, 0.4) is 0 Å². The topological polar surface area (TPSA) is 66.7 Å². The molecule has 1 aromatic heterocycles. The first kappa shape index (κ1) is 16.9. The van der Waals surface area contributed by atoms with E-state index < -0.39 is 0 Å². The van der Waals surface area contributed by atoms with E-state index in [0.717, 1.165) is 16.8 Å². The molecule has 0 spiro atoms. The van der Waals surface area contributed by atoms with Crippen LogP contribution in [0.15, 0.2) is 52.9 Å². The van der Waals surface area contributed by atoms with Crippen molar-refractivity contribution in [3.05, 3.63) is 59.2 Å². The Morgan fingerprint density at radius 3 is 2.84 bits per heavy atom. The van der Waals surface area contributed by atoms with Crippen LogP contribution in [0.1, 0.15) is 12.5 Å². The van der Waals surface area contributed by atoms with Crippen molar-refractivity contribution in [2.24, 2.45) is 5.10 Å². The van der Waals surface area contributed by atoms with Crippen molar-refractivity contribution >= 4 is 22.7 Å². The van der Waals surface area contributed by atoms with E-state index in [2.05, 4.69) is 15.5 Å². The fourth-order valence-electron chi connectivity index (χ4n) is 2.12. The van der Waals surface area contributed by atoms with Crippen molar-refractivity contribution < 1.29 is 14.2 Å². The van der Waals surface area contributed by atoms with Crippen LogP contribution in [-0.4, -0.2) is 22.9 Å². The largest absolute Gasteiger partial charge is 0.504 e. The number of aromatic nitrogens is 1. The van der Waals surface area contributed by atoms with Crippen molar-refractivity contribution in [2.75, 3.05) is 12.0 Å². The van der Waals surface area contributed by atoms with Crippen molar-refractivity contribution in [2.45, 2.75) is 6.92 Å². The highest BCUT2D eigenvalue weighted by molar-refractivity contribution is 7.14. The number of phenols is 1. The summed E-state index contributed by atoms with van der Waals surface area (Å²) in [6.07, 6.45) is 1.61. The van der Waals surface area contributed by atoms with Crippen LogP contribution in [0.2, 0.25) is 0 Å². The molecule has 25 heavy (non-hydrogen) atoms. The fraction of sp³-hybridized carbons (Fsp3) is 0.111. The first-order chi connectivity index (χ1) is 12.2. The predicted molar refractivity (Wildman–Crippen MR) is 98.0 cm³/mol. The van der Waals surface area contributed by atoms with Crippen LogP contribution >= 0.6 is 11.3 Å². The Bertz CT molecular complexity index is 878. The van der Waals surface area contributed by atoms with E-state index in [1.807, 2.05) is 12.3 Å². The van der Waals surface area contributed by atoms with Crippen molar-refractivity contribution in [1.82, 2.24) is 4.98 Å². The standard InChI is InChI=1S/C18H16FN3O2S/c1-2-24-17-9-12(3-8-16(17)23)10-20-22-18-21-15(11-25-18)13-4-6-14(19)7-5-13/h3-11,23H,2H2,1H3,(H,21,22). The molecular weight excluding hydrogens is 341 g/mol. The van der Waals surface area contributed by atoms with Gasteiger partial charge in [0, 0.05) is 10.9 Å². The van der Waals surface area contributed by atoms with E-state index in [1.54, 1.807) is 36.5 Å². The van der Waals surface area contributed by atoms with Crippen LogP contribution in [-0.2, 0) is 0 Å². The zero-order chi connectivity index (χ0) is 17.6. The fourth-order valence-corrected chi connectivity index (χ4v) is 2.79. The summed E-state index contributed by atoms with van der Waals surface area (Å²) in [5.74, 6) is 0.234. The molecule has 3 aromatic rings. The number of halogens is 1. The predicted octanol–water partition coefficient (Wildman–Crippen LogP) is 4.50. The van der Waals surface area contributed by atoms with E-state index >= 15 is 0 Å². The van der Waals surface area contributed by atoms with Gasteiger partial charge in [-0.05, 0) is 55.0 Å². The summed E-state index contributed by atoms with van der Waals surface area (Å²) in [6, 6.07) is 11.2. The Kier molecular flexibility index (Phi) is 5.25. The van der Waals surface area contributed by atoms with Crippen molar-refractivity contribution in [1.29, 1.82) is 0 Å². The molecule has 0 amide bonds. The van der Waals surface area contributed by atoms with Gasteiger partial charge in [-0.15, -0.1) is 11.3 Å². The molecular formula is C18H16FN3O2S. The quantitative estimate of drug-likeness (QED) is 0.503. The number of benzene rings is 2. The summed E-state index contributed by atoms with van der Waals surface area (Å²) in [7, 11) is 0. The first-order valence-electron chi connectivity index (χ1n) is 7.62. The van der Waals surface area contributed by atoms with Gasteiger partial charge in [0.1, 0.15) is 5.82 Å². The second-order valence-corrected chi connectivity index (χ2v) is 5.93. The maximum atomic E-state index is 13.0. The molecule has 0 bridgehead atoms. The molecule has 0 atom stereocenters. The maximum absolute atomic E-state index is 13.0. The van der Waals surface area contributed by atoms with E-state index in [-0.39, 0.29) is 11.6 Å². The molecule has 0 saturated heterocycles. The molecule has 0 saturated carbocycles. The lowest BCUT2D eigenvalue weighted by molar-refractivity contribution is 0.318. The third-order valence-corrected chi connectivity index (χ3v) is 4.05. The average Bonchev–Trinajstić information content (AvgIpc) is 3.07. The van der Waals surface area contributed by atoms with E-state index in [9.17, 15) is 9.50 Å². The monoisotopic (exact) mass is 357 g/mol. The van der Waals surface area contributed by atoms with Crippen LogP contribution in [0, 0.1) is 5.82 Å². The number of hydrogen-bond donors (Lipinski definition) is 2. The molecule has 2 N–H and O–H groups in total. The number of rotatable bonds is 6. The van der Waals surface area contributed by atoms with Gasteiger partial charge in [0.25, 0.3) is 0 Å². The number of anilines is 1. The molecule has 7 heteroatoms. The molecule has 0 aliphatic rings. The lowest BCUT2D eigenvalue weighted by Gasteiger charge is -2.05. The third kappa shape index (κ3) is 4.33. The van der Waals surface area contributed by atoms with E-state index in [1.165, 1.54) is 23.5 Å². The highest BCUT2D eigenvalue weighted by atomic mass is 32.1. The summed E-state index contributed by atoms with van der Waals surface area (Å²) in [6.45, 7) is 2.32. The van der Waals surface area contributed by atoms with Gasteiger partial charge < -0.3 is 9.84 Å². The summed E-state index contributed by atoms with van der Waals surface area (Å²) < 4.78 is 18.3. The minimum absolute atomic E-state index is 0.0934. The lowest BCUT2D eigenvalue weighted by Crippen LogP contribution is -1.94. The van der Waals surface area contributed by atoms with E-state index in [4.69, 9.17) is 4.74 Å². The van der Waals surface area contributed by atoms with Gasteiger partial charge in [-0.3, -0.25) is 5.43 Å². The molecule has 128 valence electrons. The van der Waals surface area contributed by atoms with Gasteiger partial charge in [-0.1, -0.05) is 0 Å². The lowest BCUT2D eigenvalue weighted by atomic mass is 10.2. The molecule has 1 heterocycles. The van der Waals surface area contributed by atoms with Crippen molar-refractivity contribution in [3.8, 4) is 22.8 Å². The van der Waals surface area contributed by atoms with E-state index in [0.29, 0.717) is 17.5 Å². The number of thiazole rings is 1. The molecule has 0 radical (unpaired) electrons. The minimum atomic E-state index is -0.276. The van der Waals surface area contributed by atoms with Crippen LogP contribution in [0.25, 0.3) is 11.3 Å². The van der Waals surface area contributed by atoms with Gasteiger partial charge in [0.05, 0.1) is 18.5 Å². The van der Waals surface area contributed by atoms with Crippen LogP contribution in [0.5, 0.6) is 11.5 Å². The van der Waals surface area contributed by atoms with Crippen LogP contribution in [0.4, 0.5) is 9.52 Å². The van der Waals surface area contributed by atoms with Gasteiger partial charge in [-0.2, -0.15) is 5.10 Å². The summed E-state index contributed by atoms with van der Waals surface area (Å²) in [5, 5.41) is 16.3. The Hall–Kier alpha value is -2.93. The number of hydrazone groups is 1. The second-order valence-electron chi connectivity index (χ2n) is 5.07. The van der Waals surface area contributed by atoms with Gasteiger partial charge in [-0.25, -0.2) is 9.37 Å². The van der Waals surface area contributed by atoms with Gasteiger partial charge in [0.2, 0.25) is 5.13 Å². The number of phenolic OH excluding ortho intramolecular Hbond substituents is 1. The number of nitrogens with zero attached hydrogens (tertiary/aromatic N) is 2. The number of aromatic hydroxyl groups is 1. The molecule has 3 rings (SSSR count). The van der Waals surface area contributed by atoms with Gasteiger partial charge >= 0.3 is 0 Å². The molecule has 0 fully saturated rings. The minimum Gasteiger partial charge on any atom is -0.504 e.